The number of nitrogens with zero attached hydrogens (tertiary/aromatic N) is 3. The van der Waals surface area contributed by atoms with Gasteiger partial charge >= 0.3 is 0 Å². The molecule has 2 aliphatic heterocycles. The summed E-state index contributed by atoms with van der Waals surface area (Å²) in [6.07, 6.45) is 3.47. The maximum Gasteiger partial charge on any atom is 0.227 e. The number of anilines is 1. The minimum Gasteiger partial charge on any atom is -0.342 e. The van der Waals surface area contributed by atoms with Crippen molar-refractivity contribution < 1.29 is 9.59 Å². The minimum absolute atomic E-state index is 0.0878. The summed E-state index contributed by atoms with van der Waals surface area (Å²) < 4.78 is 0. The molecule has 23 heavy (non-hydrogen) atoms. The molecule has 2 saturated heterocycles. The average molecular weight is 309 g/mol. The molecule has 1 unspecified atom stereocenters. The third-order valence-corrected chi connectivity index (χ3v) is 5.31. The Morgan fingerprint density at radius 1 is 1.22 bits per heavy atom. The van der Waals surface area contributed by atoms with Crippen molar-refractivity contribution in [2.45, 2.75) is 25.7 Å². The maximum absolute atomic E-state index is 12.5. The van der Waals surface area contributed by atoms with E-state index < -0.39 is 0 Å². The largest absolute Gasteiger partial charge is 0.342 e. The summed E-state index contributed by atoms with van der Waals surface area (Å²) in [5.41, 5.74) is 1.35. The summed E-state index contributed by atoms with van der Waals surface area (Å²) in [5, 5.41) is 8.88. The molecule has 1 saturated carbocycles. The Hall–Kier alpha value is -2.35. The van der Waals surface area contributed by atoms with Crippen molar-refractivity contribution in [3.05, 3.63) is 29.8 Å². The molecule has 0 radical (unpaired) electrons. The summed E-state index contributed by atoms with van der Waals surface area (Å²) in [5.74, 6) is 0.651. The number of nitriles is 1. The van der Waals surface area contributed by atoms with Crippen LogP contribution in [0.4, 0.5) is 5.69 Å². The third-order valence-electron chi connectivity index (χ3n) is 5.31. The molecule has 1 atom stereocenters. The molecule has 1 aliphatic carbocycles. The zero-order chi connectivity index (χ0) is 16.0. The van der Waals surface area contributed by atoms with Gasteiger partial charge < -0.3 is 9.80 Å². The Morgan fingerprint density at radius 2 is 1.96 bits per heavy atom. The van der Waals surface area contributed by atoms with Crippen LogP contribution in [0.5, 0.6) is 0 Å². The summed E-state index contributed by atoms with van der Waals surface area (Å²) in [4.78, 5) is 28.5. The molecule has 2 heterocycles. The van der Waals surface area contributed by atoms with Gasteiger partial charge in [-0.25, -0.2) is 0 Å². The smallest absolute Gasteiger partial charge is 0.227 e. The summed E-state index contributed by atoms with van der Waals surface area (Å²) >= 11 is 0. The number of hydrogen-bond donors (Lipinski definition) is 0. The first-order chi connectivity index (χ1) is 11.1. The molecule has 118 valence electrons. The molecule has 1 spiro atoms. The van der Waals surface area contributed by atoms with E-state index in [1.807, 2.05) is 21.9 Å². The zero-order valence-corrected chi connectivity index (χ0v) is 13.0. The molecule has 3 aliphatic rings. The molecule has 4 rings (SSSR count). The lowest BCUT2D eigenvalue weighted by Gasteiger charge is -2.24. The predicted octanol–water partition coefficient (Wildman–Crippen LogP) is 1.92. The SMILES string of the molecule is N#Cc1ccc(N2CC3(CCN(C(=O)C4CC4)C3)CC2=O)cc1. The number of likely N-dealkylation sites (tertiary alicyclic amines) is 1. The number of hydrogen-bond acceptors (Lipinski definition) is 3. The van der Waals surface area contributed by atoms with Gasteiger partial charge in [-0.15, -0.1) is 0 Å². The summed E-state index contributed by atoms with van der Waals surface area (Å²) in [6, 6.07) is 9.24. The Morgan fingerprint density at radius 3 is 2.61 bits per heavy atom. The molecule has 0 bridgehead atoms. The van der Waals surface area contributed by atoms with E-state index in [-0.39, 0.29) is 23.1 Å². The molecular formula is C18H19N3O2. The number of amides is 2. The fourth-order valence-electron chi connectivity index (χ4n) is 3.83. The van der Waals surface area contributed by atoms with Gasteiger partial charge in [0, 0.05) is 43.1 Å². The van der Waals surface area contributed by atoms with E-state index in [0.717, 1.165) is 31.5 Å². The van der Waals surface area contributed by atoms with E-state index >= 15 is 0 Å². The number of rotatable bonds is 2. The Kier molecular flexibility index (Phi) is 3.15. The van der Waals surface area contributed by atoms with Gasteiger partial charge in [0.25, 0.3) is 0 Å². The van der Waals surface area contributed by atoms with E-state index in [9.17, 15) is 9.59 Å². The van der Waals surface area contributed by atoms with Crippen molar-refractivity contribution in [2.75, 3.05) is 24.5 Å². The molecule has 0 aromatic heterocycles. The lowest BCUT2D eigenvalue weighted by Crippen LogP contribution is -2.34. The van der Waals surface area contributed by atoms with E-state index in [4.69, 9.17) is 5.26 Å². The fraction of sp³-hybridized carbons (Fsp3) is 0.500. The highest BCUT2D eigenvalue weighted by Gasteiger charge is 2.50. The Bertz CT molecular complexity index is 702. The van der Waals surface area contributed by atoms with Gasteiger partial charge in [-0.2, -0.15) is 5.26 Å². The Labute approximate surface area is 135 Å². The van der Waals surface area contributed by atoms with Gasteiger partial charge in [0.05, 0.1) is 11.6 Å². The normalized spacial score (nSPS) is 26.8. The van der Waals surface area contributed by atoms with Crippen LogP contribution in [0.3, 0.4) is 0 Å². The molecule has 1 aromatic carbocycles. The lowest BCUT2D eigenvalue weighted by atomic mass is 9.86. The van der Waals surface area contributed by atoms with Crippen molar-refractivity contribution in [1.29, 1.82) is 5.26 Å². The second-order valence-electron chi connectivity index (χ2n) is 7.10. The number of carbonyl (C=O) groups excluding carboxylic acids is 2. The van der Waals surface area contributed by atoms with Gasteiger partial charge in [0.15, 0.2) is 0 Å². The van der Waals surface area contributed by atoms with Crippen LogP contribution in [0.2, 0.25) is 0 Å². The second-order valence-corrected chi connectivity index (χ2v) is 7.10. The van der Waals surface area contributed by atoms with Crippen LogP contribution in [0.15, 0.2) is 24.3 Å². The standard InChI is InChI=1S/C18H19N3O2/c19-10-13-1-5-15(6-2-13)21-12-18(9-16(21)22)7-8-20(11-18)17(23)14-3-4-14/h1-2,5-6,14H,3-4,7-9,11-12H2. The zero-order valence-electron chi connectivity index (χ0n) is 13.0. The molecule has 3 fully saturated rings. The quantitative estimate of drug-likeness (QED) is 0.838. The van der Waals surface area contributed by atoms with Gasteiger partial charge in [-0.3, -0.25) is 9.59 Å². The van der Waals surface area contributed by atoms with Crippen molar-refractivity contribution in [3.63, 3.8) is 0 Å². The highest BCUT2D eigenvalue weighted by molar-refractivity contribution is 5.96. The first-order valence-electron chi connectivity index (χ1n) is 8.20. The fourth-order valence-corrected chi connectivity index (χ4v) is 3.83. The van der Waals surface area contributed by atoms with Crippen molar-refractivity contribution in [2.24, 2.45) is 11.3 Å². The van der Waals surface area contributed by atoms with Gasteiger partial charge in [-0.1, -0.05) is 0 Å². The number of carbonyl (C=O) groups is 2. The molecule has 1 aromatic rings. The maximum atomic E-state index is 12.5. The first kappa shape index (κ1) is 14.3. The highest BCUT2D eigenvalue weighted by atomic mass is 16.2. The first-order valence-corrected chi connectivity index (χ1v) is 8.20. The van der Waals surface area contributed by atoms with Crippen LogP contribution >= 0.6 is 0 Å². The van der Waals surface area contributed by atoms with Crippen molar-refractivity contribution in [1.82, 2.24) is 4.90 Å². The second kappa shape index (κ2) is 5.09. The predicted molar refractivity (Wildman–Crippen MR) is 84.5 cm³/mol. The topological polar surface area (TPSA) is 64.4 Å². The van der Waals surface area contributed by atoms with E-state index in [1.54, 1.807) is 12.1 Å². The van der Waals surface area contributed by atoms with Crippen LogP contribution in [0.1, 0.15) is 31.2 Å². The summed E-state index contributed by atoms with van der Waals surface area (Å²) in [6.45, 7) is 2.16. The highest BCUT2D eigenvalue weighted by Crippen LogP contribution is 2.43. The summed E-state index contributed by atoms with van der Waals surface area (Å²) in [7, 11) is 0. The van der Waals surface area contributed by atoms with Crippen LogP contribution in [0, 0.1) is 22.7 Å². The van der Waals surface area contributed by atoms with Crippen LogP contribution < -0.4 is 4.90 Å². The van der Waals surface area contributed by atoms with Crippen LogP contribution in [-0.4, -0.2) is 36.3 Å². The molecule has 2 amide bonds. The molecule has 5 nitrogen and oxygen atoms in total. The third kappa shape index (κ3) is 2.48. The van der Waals surface area contributed by atoms with Crippen molar-refractivity contribution in [3.8, 4) is 6.07 Å². The van der Waals surface area contributed by atoms with Gasteiger partial charge in [0.1, 0.15) is 0 Å². The van der Waals surface area contributed by atoms with Gasteiger partial charge in [-0.05, 0) is 43.5 Å². The van der Waals surface area contributed by atoms with Crippen LogP contribution in [-0.2, 0) is 9.59 Å². The monoisotopic (exact) mass is 309 g/mol. The molecular weight excluding hydrogens is 290 g/mol. The van der Waals surface area contributed by atoms with Crippen LogP contribution in [0.25, 0.3) is 0 Å². The van der Waals surface area contributed by atoms with Crippen molar-refractivity contribution >= 4 is 17.5 Å². The lowest BCUT2D eigenvalue weighted by molar-refractivity contribution is -0.132. The number of benzene rings is 1. The average Bonchev–Trinajstić information content (AvgIpc) is 3.27. The Balaban J connectivity index is 1.49. The van der Waals surface area contributed by atoms with E-state index in [1.165, 1.54) is 0 Å². The van der Waals surface area contributed by atoms with E-state index in [2.05, 4.69) is 6.07 Å². The molecule has 0 N–H and O–H groups in total. The molecule has 5 heteroatoms. The van der Waals surface area contributed by atoms with E-state index in [0.29, 0.717) is 25.1 Å². The van der Waals surface area contributed by atoms with Gasteiger partial charge in [0.2, 0.25) is 11.8 Å². The minimum atomic E-state index is -0.0878.